The first kappa shape index (κ1) is 17.0. The van der Waals surface area contributed by atoms with Gasteiger partial charge in [-0.3, -0.25) is 0 Å². The van der Waals surface area contributed by atoms with Crippen LogP contribution in [0.4, 0.5) is 0 Å². The van der Waals surface area contributed by atoms with Crippen molar-refractivity contribution in [3.63, 3.8) is 0 Å². The Morgan fingerprint density at radius 3 is 3.10 bits per heavy atom. The Kier molecular flexibility index (Phi) is 4.01. The second kappa shape index (κ2) is 6.84. The zero-order valence-corrected chi connectivity index (χ0v) is 16.2. The van der Waals surface area contributed by atoms with E-state index in [9.17, 15) is 0 Å². The summed E-state index contributed by atoms with van der Waals surface area (Å²) in [7, 11) is 0. The van der Waals surface area contributed by atoms with Crippen molar-refractivity contribution in [2.45, 2.75) is 51.2 Å². The number of nitrogens with one attached hydrogen (secondary N) is 1. The third kappa shape index (κ3) is 2.97. The molecule has 7 nitrogen and oxygen atoms in total. The fraction of sp³-hybridized carbons (Fsp3) is 0.409. The van der Waals surface area contributed by atoms with Crippen LogP contribution in [0.5, 0.6) is 0 Å². The molecule has 3 aromatic heterocycles. The van der Waals surface area contributed by atoms with E-state index in [0.29, 0.717) is 12.4 Å². The quantitative estimate of drug-likeness (QED) is 0.567. The normalized spacial score (nSPS) is 19.1. The molecule has 0 spiro atoms. The lowest BCUT2D eigenvalue weighted by atomic mass is 10.1. The molecule has 29 heavy (non-hydrogen) atoms. The maximum atomic E-state index is 5.98. The minimum atomic E-state index is 0.176. The number of ether oxygens (including phenoxy) is 1. The number of aromatic amines is 1. The average molecular weight is 389 g/mol. The van der Waals surface area contributed by atoms with Gasteiger partial charge in [-0.2, -0.15) is 5.10 Å². The van der Waals surface area contributed by atoms with Gasteiger partial charge in [-0.15, -0.1) is 0 Å². The number of nitrogens with zero attached hydrogens (tertiary/aromatic N) is 4. The molecular weight excluding hydrogens is 366 g/mol. The highest BCUT2D eigenvalue weighted by Gasteiger charge is 2.26. The second-order valence-corrected chi connectivity index (χ2v) is 7.99. The molecule has 4 heterocycles. The Bertz CT molecular complexity index is 1170. The van der Waals surface area contributed by atoms with Gasteiger partial charge in [0.1, 0.15) is 0 Å². The molecule has 1 unspecified atom stereocenters. The highest BCUT2D eigenvalue weighted by molar-refractivity contribution is 5.80. The van der Waals surface area contributed by atoms with E-state index in [-0.39, 0.29) is 6.10 Å². The number of H-pyrrole nitrogens is 1. The molecule has 0 amide bonds. The molecule has 6 rings (SSSR count). The molecule has 0 radical (unpaired) electrons. The summed E-state index contributed by atoms with van der Waals surface area (Å²) in [5.74, 6) is 2.38. The van der Waals surface area contributed by atoms with Crippen LogP contribution in [0.25, 0.3) is 34.0 Å². The van der Waals surface area contributed by atoms with Crippen LogP contribution in [0.3, 0.4) is 0 Å². The summed E-state index contributed by atoms with van der Waals surface area (Å²) in [6.45, 7) is 1.53. The van der Waals surface area contributed by atoms with Crippen LogP contribution in [-0.2, 0) is 24.1 Å². The van der Waals surface area contributed by atoms with E-state index in [4.69, 9.17) is 19.2 Å². The van der Waals surface area contributed by atoms with Crippen molar-refractivity contribution >= 4 is 11.0 Å². The molecule has 1 aliphatic heterocycles. The van der Waals surface area contributed by atoms with Crippen molar-refractivity contribution in [3.05, 3.63) is 41.9 Å². The Hall–Kier alpha value is -2.93. The second-order valence-electron chi connectivity index (χ2n) is 7.99. The van der Waals surface area contributed by atoms with E-state index in [0.717, 1.165) is 60.5 Å². The molecule has 1 N–H and O–H groups in total. The zero-order valence-electron chi connectivity index (χ0n) is 16.2. The van der Waals surface area contributed by atoms with Crippen LogP contribution in [0.15, 0.2) is 35.2 Å². The number of aromatic nitrogens is 5. The molecule has 2 aliphatic rings. The number of hydrogen-bond donors (Lipinski definition) is 1. The lowest BCUT2D eigenvalue weighted by Gasteiger charge is -2.22. The summed E-state index contributed by atoms with van der Waals surface area (Å²) in [5, 5.41) is 4.88. The summed E-state index contributed by atoms with van der Waals surface area (Å²) in [5.41, 5.74) is 5.49. The third-order valence-electron chi connectivity index (χ3n) is 6.06. The molecule has 1 aliphatic carbocycles. The SMILES string of the molecule is c1nc2ccc(-c3nc(-c4occ5c4CCC5)n(CC4CCCCO4)n3)cc2[nH]1. The van der Waals surface area contributed by atoms with E-state index >= 15 is 0 Å². The van der Waals surface area contributed by atoms with Crippen LogP contribution in [-0.4, -0.2) is 37.4 Å². The van der Waals surface area contributed by atoms with Crippen molar-refractivity contribution in [3.8, 4) is 23.0 Å². The molecule has 1 fully saturated rings. The first-order valence-electron chi connectivity index (χ1n) is 10.4. The van der Waals surface area contributed by atoms with E-state index in [1.54, 1.807) is 6.33 Å². The van der Waals surface area contributed by atoms with Crippen LogP contribution >= 0.6 is 0 Å². The molecule has 0 bridgehead atoms. The summed E-state index contributed by atoms with van der Waals surface area (Å²) in [6, 6.07) is 6.07. The minimum Gasteiger partial charge on any atom is -0.460 e. The average Bonchev–Trinajstić information content (AvgIpc) is 3.52. The summed E-state index contributed by atoms with van der Waals surface area (Å²) >= 11 is 0. The van der Waals surface area contributed by atoms with Crippen LogP contribution in [0, 0.1) is 0 Å². The largest absolute Gasteiger partial charge is 0.460 e. The standard InChI is InChI=1S/C22H23N5O2/c1-2-9-28-16(5-1)11-27-22(20-17-6-3-4-15(17)12-29-20)25-21(26-27)14-7-8-18-19(10-14)24-13-23-18/h7-8,10,12-13,16H,1-6,9,11H2,(H,23,24). The van der Waals surface area contributed by atoms with E-state index < -0.39 is 0 Å². The molecule has 148 valence electrons. The van der Waals surface area contributed by atoms with Gasteiger partial charge in [0, 0.05) is 17.7 Å². The maximum absolute atomic E-state index is 5.98. The molecular formula is C22H23N5O2. The van der Waals surface area contributed by atoms with Crippen molar-refractivity contribution in [1.29, 1.82) is 0 Å². The first-order valence-corrected chi connectivity index (χ1v) is 10.4. The van der Waals surface area contributed by atoms with Crippen molar-refractivity contribution in [1.82, 2.24) is 24.7 Å². The lowest BCUT2D eigenvalue weighted by Crippen LogP contribution is -2.25. The number of furan rings is 1. The summed E-state index contributed by atoms with van der Waals surface area (Å²) < 4.78 is 13.9. The number of aryl methyl sites for hydroxylation is 1. The number of fused-ring (bicyclic) bond motifs is 2. The van der Waals surface area contributed by atoms with Gasteiger partial charge in [0.2, 0.25) is 0 Å². The third-order valence-corrected chi connectivity index (χ3v) is 6.06. The molecule has 1 saturated heterocycles. The van der Waals surface area contributed by atoms with Crippen LogP contribution in [0.1, 0.15) is 36.8 Å². The number of hydrogen-bond acceptors (Lipinski definition) is 5. The van der Waals surface area contributed by atoms with Crippen LogP contribution in [0.2, 0.25) is 0 Å². The van der Waals surface area contributed by atoms with E-state index in [1.807, 2.05) is 23.1 Å². The minimum absolute atomic E-state index is 0.176. The van der Waals surface area contributed by atoms with Gasteiger partial charge in [0.15, 0.2) is 17.4 Å². The van der Waals surface area contributed by atoms with Gasteiger partial charge in [0.05, 0.1) is 36.3 Å². The predicted molar refractivity (Wildman–Crippen MR) is 108 cm³/mol. The van der Waals surface area contributed by atoms with Gasteiger partial charge in [-0.05, 0) is 62.3 Å². The highest BCUT2D eigenvalue weighted by Crippen LogP contribution is 2.35. The fourth-order valence-corrected chi connectivity index (χ4v) is 4.52. The lowest BCUT2D eigenvalue weighted by molar-refractivity contribution is 0.00422. The monoisotopic (exact) mass is 389 g/mol. The van der Waals surface area contributed by atoms with Crippen molar-refractivity contribution in [2.24, 2.45) is 0 Å². The van der Waals surface area contributed by atoms with Gasteiger partial charge in [-0.25, -0.2) is 14.6 Å². The molecule has 1 atom stereocenters. The molecule has 1 aromatic carbocycles. The Balaban J connectivity index is 1.43. The summed E-state index contributed by atoms with van der Waals surface area (Å²) in [6.07, 6.45) is 10.5. The van der Waals surface area contributed by atoms with Gasteiger partial charge in [0.25, 0.3) is 0 Å². The summed E-state index contributed by atoms with van der Waals surface area (Å²) in [4.78, 5) is 12.4. The van der Waals surface area contributed by atoms with Gasteiger partial charge >= 0.3 is 0 Å². The first-order chi connectivity index (χ1) is 14.3. The van der Waals surface area contributed by atoms with Gasteiger partial charge in [-0.1, -0.05) is 0 Å². The van der Waals surface area contributed by atoms with Crippen molar-refractivity contribution in [2.75, 3.05) is 6.61 Å². The molecule has 0 saturated carbocycles. The maximum Gasteiger partial charge on any atom is 0.195 e. The Morgan fingerprint density at radius 1 is 1.17 bits per heavy atom. The zero-order chi connectivity index (χ0) is 19.2. The van der Waals surface area contributed by atoms with E-state index in [1.165, 1.54) is 24.0 Å². The Labute approximate surface area is 168 Å². The molecule has 4 aromatic rings. The predicted octanol–water partition coefficient (Wildman–Crippen LogP) is 4.14. The van der Waals surface area contributed by atoms with Crippen LogP contribution < -0.4 is 0 Å². The fourth-order valence-electron chi connectivity index (χ4n) is 4.52. The van der Waals surface area contributed by atoms with E-state index in [2.05, 4.69) is 16.0 Å². The number of rotatable bonds is 4. The smallest absolute Gasteiger partial charge is 0.195 e. The number of imidazole rings is 1. The highest BCUT2D eigenvalue weighted by atomic mass is 16.5. The topological polar surface area (TPSA) is 81.8 Å². The van der Waals surface area contributed by atoms with Gasteiger partial charge < -0.3 is 14.1 Å². The Morgan fingerprint density at radius 2 is 2.17 bits per heavy atom. The molecule has 7 heteroatoms. The van der Waals surface area contributed by atoms with Crippen molar-refractivity contribution < 1.29 is 9.15 Å². The number of benzene rings is 1.